The average Bonchev–Trinajstić information content (AvgIpc) is 2.00. The topological polar surface area (TPSA) is 39.4 Å². The van der Waals surface area contributed by atoms with Crippen molar-refractivity contribution in [2.45, 2.75) is 26.4 Å². The second-order valence-electron chi connectivity index (χ2n) is 3.96. The minimum atomic E-state index is -0.354. The lowest BCUT2D eigenvalue weighted by Gasteiger charge is -2.26. The largest absolute Gasteiger partial charge is 0.483 e. The molecule has 0 saturated heterocycles. The van der Waals surface area contributed by atoms with Crippen LogP contribution >= 0.6 is 0 Å². The maximum Gasteiger partial charge on any atom is 0.346 e. The summed E-state index contributed by atoms with van der Waals surface area (Å²) in [5.74, 6) is 1.17. The van der Waals surface area contributed by atoms with Gasteiger partial charge in [-0.05, 0) is 32.9 Å². The lowest BCUT2D eigenvalue weighted by atomic mass is 10.0. The maximum atomic E-state index is 11.4. The van der Waals surface area contributed by atoms with Crippen molar-refractivity contribution in [2.24, 2.45) is 0 Å². The van der Waals surface area contributed by atoms with Crippen LogP contribution in [0.25, 0.3) is 6.08 Å². The first kappa shape index (κ1) is 9.06. The molecule has 74 valence electrons. The molecule has 0 bridgehead atoms. The molecule has 1 aromatic rings. The molecular weight excluding hydrogens is 180 g/mol. The van der Waals surface area contributed by atoms with Crippen molar-refractivity contribution in [1.29, 1.82) is 0 Å². The summed E-state index contributed by atoms with van der Waals surface area (Å²) in [6.45, 7) is 5.61. The molecule has 14 heavy (non-hydrogen) atoms. The predicted molar refractivity (Wildman–Crippen MR) is 53.5 cm³/mol. The Hall–Kier alpha value is -1.51. The molecule has 0 amide bonds. The number of hydrogen-bond donors (Lipinski definition) is 0. The summed E-state index contributed by atoms with van der Waals surface area (Å²) in [7, 11) is 0. The zero-order chi connectivity index (χ0) is 10.3. The van der Waals surface area contributed by atoms with Gasteiger partial charge in [0.15, 0.2) is 0 Å². The highest BCUT2D eigenvalue weighted by molar-refractivity contribution is 5.59. The van der Waals surface area contributed by atoms with Crippen LogP contribution in [-0.2, 0) is 0 Å². The van der Waals surface area contributed by atoms with Crippen molar-refractivity contribution in [2.75, 3.05) is 0 Å². The summed E-state index contributed by atoms with van der Waals surface area (Å²) in [4.78, 5) is 11.4. The van der Waals surface area contributed by atoms with Crippen LogP contribution in [0.1, 0.15) is 25.2 Å². The van der Waals surface area contributed by atoms with Gasteiger partial charge < -0.3 is 9.15 Å². The fourth-order valence-corrected chi connectivity index (χ4v) is 1.43. The standard InChI is InChI=1S/C11H12O3/c1-7-6-9-8(10(12)13-7)4-5-11(2,3)14-9/h4-6H,1-3H3. The lowest BCUT2D eigenvalue weighted by molar-refractivity contribution is 0.156. The number of hydrogen-bond acceptors (Lipinski definition) is 3. The van der Waals surface area contributed by atoms with Crippen LogP contribution < -0.4 is 10.4 Å². The Morgan fingerprint density at radius 2 is 2.07 bits per heavy atom. The van der Waals surface area contributed by atoms with E-state index in [2.05, 4.69) is 0 Å². The molecule has 3 nitrogen and oxygen atoms in total. The van der Waals surface area contributed by atoms with Gasteiger partial charge in [0.2, 0.25) is 0 Å². The Labute approximate surface area is 82.0 Å². The van der Waals surface area contributed by atoms with E-state index in [1.165, 1.54) is 0 Å². The van der Waals surface area contributed by atoms with E-state index in [4.69, 9.17) is 9.15 Å². The Balaban J connectivity index is 2.62. The number of rotatable bonds is 0. The van der Waals surface area contributed by atoms with Gasteiger partial charge in [0.25, 0.3) is 0 Å². The average molecular weight is 192 g/mol. The summed E-state index contributed by atoms with van der Waals surface area (Å²) in [5, 5.41) is 0. The molecule has 0 aliphatic carbocycles. The van der Waals surface area contributed by atoms with Crippen molar-refractivity contribution in [3.63, 3.8) is 0 Å². The smallest absolute Gasteiger partial charge is 0.346 e. The van der Waals surface area contributed by atoms with Gasteiger partial charge in [0.1, 0.15) is 22.7 Å². The molecule has 0 radical (unpaired) electrons. The van der Waals surface area contributed by atoms with Crippen LogP contribution in [0.5, 0.6) is 5.75 Å². The Kier molecular flexibility index (Phi) is 1.77. The SMILES string of the molecule is Cc1cc2c(c(=O)o1)C=CC(C)(C)O2. The molecule has 0 aromatic carbocycles. The monoisotopic (exact) mass is 192 g/mol. The lowest BCUT2D eigenvalue weighted by Crippen LogP contribution is -2.29. The van der Waals surface area contributed by atoms with Crippen molar-refractivity contribution in [1.82, 2.24) is 0 Å². The minimum absolute atomic E-state index is 0.341. The van der Waals surface area contributed by atoms with Crippen molar-refractivity contribution in [3.05, 3.63) is 33.9 Å². The first-order valence-corrected chi connectivity index (χ1v) is 4.51. The van der Waals surface area contributed by atoms with E-state index in [9.17, 15) is 4.79 Å². The molecule has 3 heteroatoms. The maximum absolute atomic E-state index is 11.4. The first-order valence-electron chi connectivity index (χ1n) is 4.51. The van der Waals surface area contributed by atoms with Crippen LogP contribution in [0.15, 0.2) is 21.4 Å². The zero-order valence-electron chi connectivity index (χ0n) is 8.46. The number of fused-ring (bicyclic) bond motifs is 1. The molecule has 0 spiro atoms. The molecule has 0 saturated carbocycles. The molecule has 0 atom stereocenters. The predicted octanol–water partition coefficient (Wildman–Crippen LogP) is 2.13. The highest BCUT2D eigenvalue weighted by Crippen LogP contribution is 2.28. The molecule has 0 unspecified atom stereocenters. The van der Waals surface area contributed by atoms with Crippen LogP contribution in [0, 0.1) is 6.92 Å². The highest BCUT2D eigenvalue weighted by Gasteiger charge is 2.23. The van der Waals surface area contributed by atoms with Gasteiger partial charge in [0.05, 0.1) is 0 Å². The molecule has 1 aliphatic rings. The summed E-state index contributed by atoms with van der Waals surface area (Å²) in [6, 6.07) is 1.74. The summed E-state index contributed by atoms with van der Waals surface area (Å²) in [6.07, 6.45) is 3.60. The van der Waals surface area contributed by atoms with E-state index in [-0.39, 0.29) is 11.2 Å². The zero-order valence-corrected chi connectivity index (χ0v) is 8.46. The van der Waals surface area contributed by atoms with Crippen LogP contribution in [0.4, 0.5) is 0 Å². The molecule has 0 fully saturated rings. The molecule has 1 aromatic heterocycles. The highest BCUT2D eigenvalue weighted by atomic mass is 16.5. The van der Waals surface area contributed by atoms with E-state index in [1.807, 2.05) is 19.9 Å². The molecule has 1 aliphatic heterocycles. The Bertz CT molecular complexity index is 452. The second kappa shape index (κ2) is 2.74. The quantitative estimate of drug-likeness (QED) is 0.632. The molecule has 2 heterocycles. The van der Waals surface area contributed by atoms with Gasteiger partial charge in [-0.25, -0.2) is 4.79 Å². The molecule has 0 N–H and O–H groups in total. The van der Waals surface area contributed by atoms with E-state index in [0.29, 0.717) is 17.1 Å². The van der Waals surface area contributed by atoms with Crippen LogP contribution in [-0.4, -0.2) is 5.60 Å². The van der Waals surface area contributed by atoms with Gasteiger partial charge in [-0.1, -0.05) is 0 Å². The first-order chi connectivity index (χ1) is 6.48. The van der Waals surface area contributed by atoms with Crippen molar-refractivity contribution < 1.29 is 9.15 Å². The van der Waals surface area contributed by atoms with Gasteiger partial charge in [-0.3, -0.25) is 0 Å². The van der Waals surface area contributed by atoms with Gasteiger partial charge >= 0.3 is 5.63 Å². The fourth-order valence-electron chi connectivity index (χ4n) is 1.43. The van der Waals surface area contributed by atoms with E-state index < -0.39 is 0 Å². The van der Waals surface area contributed by atoms with E-state index in [0.717, 1.165) is 0 Å². The summed E-state index contributed by atoms with van der Waals surface area (Å²) in [5.41, 5.74) is -0.200. The van der Waals surface area contributed by atoms with Gasteiger partial charge in [-0.15, -0.1) is 0 Å². The van der Waals surface area contributed by atoms with Gasteiger partial charge in [0, 0.05) is 6.07 Å². The van der Waals surface area contributed by atoms with Crippen molar-refractivity contribution >= 4 is 6.08 Å². The molecule has 2 rings (SSSR count). The van der Waals surface area contributed by atoms with Gasteiger partial charge in [-0.2, -0.15) is 0 Å². The second-order valence-corrected chi connectivity index (χ2v) is 3.96. The third-order valence-electron chi connectivity index (χ3n) is 2.10. The Morgan fingerprint density at radius 1 is 1.36 bits per heavy atom. The van der Waals surface area contributed by atoms with Crippen molar-refractivity contribution in [3.8, 4) is 5.75 Å². The normalized spacial score (nSPS) is 17.4. The summed E-state index contributed by atoms with van der Waals surface area (Å²) >= 11 is 0. The number of ether oxygens (including phenoxy) is 1. The third-order valence-corrected chi connectivity index (χ3v) is 2.10. The number of aryl methyl sites for hydroxylation is 1. The van der Waals surface area contributed by atoms with E-state index in [1.54, 1.807) is 19.1 Å². The third kappa shape index (κ3) is 1.45. The summed E-state index contributed by atoms with van der Waals surface area (Å²) < 4.78 is 10.6. The van der Waals surface area contributed by atoms with E-state index >= 15 is 0 Å². The van der Waals surface area contributed by atoms with Crippen LogP contribution in [0.3, 0.4) is 0 Å². The fraction of sp³-hybridized carbons (Fsp3) is 0.364. The molecular formula is C11H12O3. The minimum Gasteiger partial charge on any atom is -0.483 e. The Morgan fingerprint density at radius 3 is 2.79 bits per heavy atom. The van der Waals surface area contributed by atoms with Crippen LogP contribution in [0.2, 0.25) is 0 Å².